The summed E-state index contributed by atoms with van der Waals surface area (Å²) in [6.07, 6.45) is 1.62. The highest BCUT2D eigenvalue weighted by Gasteiger charge is 2.22. The first-order valence-corrected chi connectivity index (χ1v) is 13.2. The van der Waals surface area contributed by atoms with Crippen molar-refractivity contribution in [3.8, 4) is 22.4 Å². The summed E-state index contributed by atoms with van der Waals surface area (Å²) in [5.74, 6) is -0.402. The van der Waals surface area contributed by atoms with E-state index in [2.05, 4.69) is 14.9 Å². The molecule has 5 rings (SSSR count). The van der Waals surface area contributed by atoms with E-state index in [1.165, 1.54) is 10.8 Å². The predicted molar refractivity (Wildman–Crippen MR) is 158 cm³/mol. The molecular weight excluding hydrogens is 506 g/mol. The number of rotatable bonds is 6. The SMILES string of the molecule is CC.CCn1c(-c2ccc(-c3c(C)on(C)c3=O)cc2)c(C)c2ccnc(C(=O)Nc3cccc(C(N)=O)c3)c21. The molecule has 0 aliphatic carbocycles. The van der Waals surface area contributed by atoms with Crippen molar-refractivity contribution in [1.29, 1.82) is 0 Å². The Morgan fingerprint density at radius 3 is 2.30 bits per heavy atom. The highest BCUT2D eigenvalue weighted by molar-refractivity contribution is 6.12. The molecule has 0 radical (unpaired) electrons. The Hall–Kier alpha value is -4.92. The number of primary amides is 1. The van der Waals surface area contributed by atoms with Gasteiger partial charge in [0.1, 0.15) is 5.76 Å². The van der Waals surface area contributed by atoms with Crippen molar-refractivity contribution in [2.24, 2.45) is 12.8 Å². The number of pyridine rings is 1. The number of anilines is 1. The van der Waals surface area contributed by atoms with Crippen molar-refractivity contribution < 1.29 is 14.1 Å². The summed E-state index contributed by atoms with van der Waals surface area (Å²) in [5.41, 5.74) is 11.2. The highest BCUT2D eigenvalue weighted by atomic mass is 16.5. The standard InChI is InChI=1S/C29H27N5O4.C2H6/c1-5-34-25(19-11-9-18(10-12-19)23-17(3)38-33(4)29(23)37)16(2)22-13-14-31-24(26(22)34)28(36)32-21-8-6-7-20(15-21)27(30)35;1-2/h6-15H,5H2,1-4H3,(H2,30,35)(H,32,36);1-2H3. The van der Waals surface area contributed by atoms with Crippen molar-refractivity contribution in [2.75, 3.05) is 5.32 Å². The molecule has 2 amide bonds. The smallest absolute Gasteiger partial charge is 0.290 e. The van der Waals surface area contributed by atoms with Gasteiger partial charge in [-0.05, 0) is 61.7 Å². The number of aryl methyl sites for hydroxylation is 4. The Bertz CT molecular complexity index is 1770. The fraction of sp³-hybridized carbons (Fsp3) is 0.226. The number of nitrogens with zero attached hydrogens (tertiary/aromatic N) is 3. The van der Waals surface area contributed by atoms with Crippen LogP contribution in [0, 0.1) is 13.8 Å². The van der Waals surface area contributed by atoms with E-state index >= 15 is 0 Å². The van der Waals surface area contributed by atoms with Gasteiger partial charge in [-0.2, -0.15) is 4.74 Å². The molecule has 0 bridgehead atoms. The number of carbonyl (C=O) groups excluding carboxylic acids is 2. The molecule has 3 heterocycles. The predicted octanol–water partition coefficient (Wildman–Crippen LogP) is 5.68. The second kappa shape index (κ2) is 11.4. The Balaban J connectivity index is 0.00000181. The largest absolute Gasteiger partial charge is 0.381 e. The first-order valence-electron chi connectivity index (χ1n) is 13.2. The maximum absolute atomic E-state index is 13.4. The Kier molecular flexibility index (Phi) is 8.04. The summed E-state index contributed by atoms with van der Waals surface area (Å²) >= 11 is 0. The van der Waals surface area contributed by atoms with Crippen LogP contribution in [-0.4, -0.2) is 26.1 Å². The van der Waals surface area contributed by atoms with Crippen LogP contribution in [0.5, 0.6) is 0 Å². The third-order valence-corrected chi connectivity index (χ3v) is 6.73. The zero-order valence-corrected chi connectivity index (χ0v) is 23.5. The number of hydrogen-bond acceptors (Lipinski definition) is 5. The molecule has 0 saturated heterocycles. The molecular formula is C31H33N5O4. The fourth-order valence-electron chi connectivity index (χ4n) is 4.99. The molecule has 40 heavy (non-hydrogen) atoms. The summed E-state index contributed by atoms with van der Waals surface area (Å²) in [5, 5.41) is 3.75. The van der Waals surface area contributed by atoms with Crippen LogP contribution in [0.15, 0.2) is 70.1 Å². The van der Waals surface area contributed by atoms with Crippen molar-refractivity contribution in [2.45, 2.75) is 41.2 Å². The summed E-state index contributed by atoms with van der Waals surface area (Å²) in [6.45, 7) is 10.4. The number of nitrogens with one attached hydrogen (secondary N) is 1. The van der Waals surface area contributed by atoms with Crippen molar-refractivity contribution in [3.63, 3.8) is 0 Å². The summed E-state index contributed by atoms with van der Waals surface area (Å²) in [6, 6.07) is 16.1. The normalized spacial score (nSPS) is 10.8. The molecule has 3 N–H and O–H groups in total. The topological polar surface area (TPSA) is 125 Å². The second-order valence-corrected chi connectivity index (χ2v) is 9.08. The number of carbonyl (C=O) groups is 2. The minimum atomic E-state index is -0.573. The maximum Gasteiger partial charge on any atom is 0.290 e. The van der Waals surface area contributed by atoms with E-state index in [0.717, 1.165) is 33.3 Å². The Labute approximate surface area is 232 Å². The van der Waals surface area contributed by atoms with Crippen LogP contribution in [0.3, 0.4) is 0 Å². The number of hydrogen-bond donors (Lipinski definition) is 2. The molecule has 0 atom stereocenters. The van der Waals surface area contributed by atoms with Gasteiger partial charge in [0.25, 0.3) is 11.5 Å². The first-order chi connectivity index (χ1) is 19.2. The van der Waals surface area contributed by atoms with Crippen LogP contribution in [0.4, 0.5) is 5.69 Å². The fourth-order valence-corrected chi connectivity index (χ4v) is 4.99. The first kappa shape index (κ1) is 28.1. The second-order valence-electron chi connectivity index (χ2n) is 9.08. The van der Waals surface area contributed by atoms with E-state index in [9.17, 15) is 14.4 Å². The van der Waals surface area contributed by atoms with Gasteiger partial charge in [0.15, 0.2) is 5.69 Å². The highest BCUT2D eigenvalue weighted by Crippen LogP contribution is 2.35. The van der Waals surface area contributed by atoms with Gasteiger partial charge in [-0.3, -0.25) is 14.4 Å². The lowest BCUT2D eigenvalue weighted by Crippen LogP contribution is -2.17. The zero-order chi connectivity index (χ0) is 29.1. The lowest BCUT2D eigenvalue weighted by Gasteiger charge is -2.12. The van der Waals surface area contributed by atoms with Crippen molar-refractivity contribution in [3.05, 3.63) is 93.7 Å². The molecule has 0 aliphatic heterocycles. The maximum atomic E-state index is 13.4. The van der Waals surface area contributed by atoms with Gasteiger partial charge in [-0.25, -0.2) is 4.98 Å². The van der Waals surface area contributed by atoms with E-state index < -0.39 is 11.8 Å². The van der Waals surface area contributed by atoms with E-state index in [4.69, 9.17) is 10.3 Å². The molecule has 0 aliphatic rings. The van der Waals surface area contributed by atoms with Gasteiger partial charge >= 0.3 is 0 Å². The molecule has 0 unspecified atom stereocenters. The number of fused-ring (bicyclic) bond motifs is 1. The summed E-state index contributed by atoms with van der Waals surface area (Å²) in [7, 11) is 1.59. The van der Waals surface area contributed by atoms with E-state index in [1.54, 1.807) is 38.4 Å². The number of benzene rings is 2. The van der Waals surface area contributed by atoms with Gasteiger partial charge < -0.3 is 20.1 Å². The molecule has 5 aromatic rings. The van der Waals surface area contributed by atoms with Crippen molar-refractivity contribution >= 4 is 28.4 Å². The minimum Gasteiger partial charge on any atom is -0.381 e. The number of nitrogens with two attached hydrogens (primary N) is 1. The summed E-state index contributed by atoms with van der Waals surface area (Å²) in [4.78, 5) is 41.8. The molecule has 0 fully saturated rings. The Morgan fingerprint density at radius 1 is 1.02 bits per heavy atom. The van der Waals surface area contributed by atoms with Crippen molar-refractivity contribution in [1.82, 2.24) is 14.3 Å². The molecule has 206 valence electrons. The van der Waals surface area contributed by atoms with Crippen LogP contribution < -0.4 is 16.6 Å². The molecule has 2 aromatic carbocycles. The minimum absolute atomic E-state index is 0.183. The average Bonchev–Trinajstić information content (AvgIpc) is 3.40. The van der Waals surface area contributed by atoms with E-state index in [-0.39, 0.29) is 11.3 Å². The molecule has 9 heteroatoms. The van der Waals surface area contributed by atoms with Gasteiger partial charge in [0.05, 0.1) is 16.8 Å². The quantitative estimate of drug-likeness (QED) is 0.287. The van der Waals surface area contributed by atoms with Crippen LogP contribution in [-0.2, 0) is 13.6 Å². The monoisotopic (exact) mass is 539 g/mol. The Morgan fingerprint density at radius 2 is 1.70 bits per heavy atom. The van der Waals surface area contributed by atoms with Gasteiger partial charge in [-0.15, -0.1) is 0 Å². The van der Waals surface area contributed by atoms with Gasteiger partial charge in [0.2, 0.25) is 5.91 Å². The zero-order valence-electron chi connectivity index (χ0n) is 23.5. The molecule has 0 saturated carbocycles. The van der Waals surface area contributed by atoms with E-state index in [0.29, 0.717) is 29.1 Å². The van der Waals surface area contributed by atoms with Gasteiger partial charge in [0, 0.05) is 36.4 Å². The number of aromatic nitrogens is 3. The lowest BCUT2D eigenvalue weighted by atomic mass is 10.0. The molecule has 9 nitrogen and oxygen atoms in total. The third kappa shape index (κ3) is 4.93. The molecule has 3 aromatic heterocycles. The number of amides is 2. The van der Waals surface area contributed by atoms with Crippen LogP contribution in [0.2, 0.25) is 0 Å². The van der Waals surface area contributed by atoms with Crippen LogP contribution in [0.25, 0.3) is 33.3 Å². The van der Waals surface area contributed by atoms with Crippen LogP contribution in [0.1, 0.15) is 52.9 Å². The lowest BCUT2D eigenvalue weighted by molar-refractivity contribution is 0.0995. The summed E-state index contributed by atoms with van der Waals surface area (Å²) < 4.78 is 8.74. The van der Waals surface area contributed by atoms with E-state index in [1.807, 2.05) is 58.0 Å². The van der Waals surface area contributed by atoms with Gasteiger partial charge in [-0.1, -0.05) is 44.2 Å². The third-order valence-electron chi connectivity index (χ3n) is 6.73. The average molecular weight is 540 g/mol. The van der Waals surface area contributed by atoms with Crippen LogP contribution >= 0.6 is 0 Å². The molecule has 0 spiro atoms.